The smallest absolute Gasteiger partial charge is 0.343 e. The normalized spacial score (nSPS) is 10.3. The first-order valence-electron chi connectivity index (χ1n) is 8.40. The maximum atomic E-state index is 12.3. The Hall–Kier alpha value is -2.98. The van der Waals surface area contributed by atoms with Crippen LogP contribution in [0, 0.1) is 6.92 Å². The Morgan fingerprint density at radius 2 is 1.67 bits per heavy atom. The molecule has 3 aromatic carbocycles. The number of para-hydroxylation sites is 2. The average Bonchev–Trinajstić information content (AvgIpc) is 2.69. The number of ether oxygens (including phenoxy) is 3. The largest absolute Gasteiger partial charge is 0.493 e. The molecular weight excluding hydrogens is 364 g/mol. The van der Waals surface area contributed by atoms with E-state index in [1.54, 1.807) is 37.4 Å². The summed E-state index contributed by atoms with van der Waals surface area (Å²) < 4.78 is 16.4. The van der Waals surface area contributed by atoms with Crippen LogP contribution in [0.5, 0.6) is 17.2 Å². The number of rotatable bonds is 6. The minimum absolute atomic E-state index is 0.367. The molecule has 0 amide bonds. The molecule has 3 aromatic rings. The third-order valence-electron chi connectivity index (χ3n) is 3.99. The van der Waals surface area contributed by atoms with Crippen LogP contribution in [0.2, 0.25) is 5.02 Å². The molecule has 4 nitrogen and oxygen atoms in total. The number of methoxy groups -OCH3 is 1. The quantitative estimate of drug-likeness (QED) is 0.419. The van der Waals surface area contributed by atoms with Gasteiger partial charge >= 0.3 is 5.97 Å². The van der Waals surface area contributed by atoms with E-state index in [4.69, 9.17) is 25.8 Å². The van der Waals surface area contributed by atoms with Crippen LogP contribution >= 0.6 is 11.6 Å². The fraction of sp³-hybridized carbons (Fsp3) is 0.136. The van der Waals surface area contributed by atoms with Gasteiger partial charge in [-0.15, -0.1) is 0 Å². The topological polar surface area (TPSA) is 44.8 Å². The SMILES string of the molecule is COc1ccccc1OCc1ccc(C(=O)Oc2ccc(Cl)c(C)c2)cc1. The summed E-state index contributed by atoms with van der Waals surface area (Å²) in [4.78, 5) is 12.3. The number of carbonyl (C=O) groups is 1. The summed E-state index contributed by atoms with van der Waals surface area (Å²) in [6, 6.07) is 19.7. The molecule has 0 atom stereocenters. The second-order valence-corrected chi connectivity index (χ2v) is 6.34. The number of halogens is 1. The van der Waals surface area contributed by atoms with Gasteiger partial charge in [-0.1, -0.05) is 35.9 Å². The molecule has 0 saturated carbocycles. The molecule has 0 aliphatic heterocycles. The molecule has 0 heterocycles. The maximum Gasteiger partial charge on any atom is 0.343 e. The summed E-state index contributed by atoms with van der Waals surface area (Å²) in [5, 5.41) is 0.634. The zero-order valence-corrected chi connectivity index (χ0v) is 15.8. The fourth-order valence-corrected chi connectivity index (χ4v) is 2.60. The molecule has 0 unspecified atom stereocenters. The summed E-state index contributed by atoms with van der Waals surface area (Å²) in [5.41, 5.74) is 2.24. The Bertz CT molecular complexity index is 935. The zero-order valence-electron chi connectivity index (χ0n) is 15.1. The van der Waals surface area contributed by atoms with E-state index < -0.39 is 5.97 Å². The van der Waals surface area contributed by atoms with Gasteiger partial charge in [0.1, 0.15) is 12.4 Å². The van der Waals surface area contributed by atoms with Crippen LogP contribution in [0.4, 0.5) is 0 Å². The van der Waals surface area contributed by atoms with E-state index in [1.807, 2.05) is 43.3 Å². The van der Waals surface area contributed by atoms with Crippen LogP contribution in [0.1, 0.15) is 21.5 Å². The number of aryl methyl sites for hydroxylation is 1. The molecule has 0 aromatic heterocycles. The van der Waals surface area contributed by atoms with Crippen LogP contribution in [0.25, 0.3) is 0 Å². The van der Waals surface area contributed by atoms with Crippen molar-refractivity contribution < 1.29 is 19.0 Å². The molecular formula is C22H19ClO4. The number of hydrogen-bond donors (Lipinski definition) is 0. The van der Waals surface area contributed by atoms with E-state index in [-0.39, 0.29) is 0 Å². The van der Waals surface area contributed by atoms with Crippen LogP contribution in [0.3, 0.4) is 0 Å². The summed E-state index contributed by atoms with van der Waals surface area (Å²) in [6.07, 6.45) is 0. The Kier molecular flexibility index (Phi) is 5.99. The Morgan fingerprint density at radius 3 is 2.33 bits per heavy atom. The van der Waals surface area contributed by atoms with Gasteiger partial charge in [0, 0.05) is 5.02 Å². The molecule has 27 heavy (non-hydrogen) atoms. The van der Waals surface area contributed by atoms with Gasteiger partial charge in [-0.3, -0.25) is 0 Å². The lowest BCUT2D eigenvalue weighted by atomic mass is 10.1. The molecule has 0 aliphatic carbocycles. The van der Waals surface area contributed by atoms with E-state index in [9.17, 15) is 4.79 Å². The van der Waals surface area contributed by atoms with E-state index >= 15 is 0 Å². The lowest BCUT2D eigenvalue weighted by Crippen LogP contribution is -2.08. The molecule has 0 saturated heterocycles. The van der Waals surface area contributed by atoms with Crippen molar-refractivity contribution in [2.75, 3.05) is 7.11 Å². The van der Waals surface area contributed by atoms with Gasteiger partial charge in [0.15, 0.2) is 11.5 Å². The predicted octanol–water partition coefficient (Wildman–Crippen LogP) is 5.46. The maximum absolute atomic E-state index is 12.3. The highest BCUT2D eigenvalue weighted by Gasteiger charge is 2.10. The van der Waals surface area contributed by atoms with E-state index in [1.165, 1.54) is 0 Å². The van der Waals surface area contributed by atoms with Crippen LogP contribution in [0.15, 0.2) is 66.7 Å². The number of benzene rings is 3. The minimum Gasteiger partial charge on any atom is -0.493 e. The van der Waals surface area contributed by atoms with Crippen molar-refractivity contribution in [2.24, 2.45) is 0 Å². The lowest BCUT2D eigenvalue weighted by Gasteiger charge is -2.10. The molecule has 0 spiro atoms. The van der Waals surface area contributed by atoms with Crippen LogP contribution < -0.4 is 14.2 Å². The third kappa shape index (κ3) is 4.80. The summed E-state index contributed by atoms with van der Waals surface area (Å²) in [6.45, 7) is 2.22. The van der Waals surface area contributed by atoms with Gasteiger partial charge in [0.25, 0.3) is 0 Å². The lowest BCUT2D eigenvalue weighted by molar-refractivity contribution is 0.0734. The van der Waals surface area contributed by atoms with Crippen molar-refractivity contribution in [2.45, 2.75) is 13.5 Å². The van der Waals surface area contributed by atoms with Crippen molar-refractivity contribution in [3.8, 4) is 17.2 Å². The number of esters is 1. The van der Waals surface area contributed by atoms with Gasteiger partial charge in [-0.2, -0.15) is 0 Å². The first kappa shape index (κ1) is 18.8. The van der Waals surface area contributed by atoms with Gasteiger partial charge in [-0.05, 0) is 60.5 Å². The highest BCUT2D eigenvalue weighted by atomic mass is 35.5. The molecule has 0 N–H and O–H groups in total. The molecule has 3 rings (SSSR count). The van der Waals surface area contributed by atoms with Gasteiger partial charge in [0.2, 0.25) is 0 Å². The fourth-order valence-electron chi connectivity index (χ4n) is 2.48. The minimum atomic E-state index is -0.422. The molecule has 0 fully saturated rings. The second kappa shape index (κ2) is 8.60. The summed E-state index contributed by atoms with van der Waals surface area (Å²) in [7, 11) is 1.60. The Balaban J connectivity index is 1.62. The van der Waals surface area contributed by atoms with Crippen molar-refractivity contribution in [1.29, 1.82) is 0 Å². The average molecular weight is 383 g/mol. The summed E-state index contributed by atoms with van der Waals surface area (Å²) in [5.74, 6) is 1.39. The number of hydrogen-bond acceptors (Lipinski definition) is 4. The predicted molar refractivity (Wildman–Crippen MR) is 105 cm³/mol. The highest BCUT2D eigenvalue weighted by Crippen LogP contribution is 2.27. The van der Waals surface area contributed by atoms with Crippen molar-refractivity contribution in [3.05, 3.63) is 88.4 Å². The highest BCUT2D eigenvalue weighted by molar-refractivity contribution is 6.31. The van der Waals surface area contributed by atoms with Crippen molar-refractivity contribution >= 4 is 17.6 Å². The molecule has 138 valence electrons. The van der Waals surface area contributed by atoms with Gasteiger partial charge in [-0.25, -0.2) is 4.79 Å². The van der Waals surface area contributed by atoms with E-state index in [0.717, 1.165) is 11.1 Å². The monoisotopic (exact) mass is 382 g/mol. The first-order valence-corrected chi connectivity index (χ1v) is 8.77. The number of carbonyl (C=O) groups excluding carboxylic acids is 1. The summed E-state index contributed by atoms with van der Waals surface area (Å²) >= 11 is 5.98. The zero-order chi connectivity index (χ0) is 19.2. The van der Waals surface area contributed by atoms with E-state index in [0.29, 0.717) is 34.4 Å². The van der Waals surface area contributed by atoms with E-state index in [2.05, 4.69) is 0 Å². The second-order valence-electron chi connectivity index (χ2n) is 5.94. The Morgan fingerprint density at radius 1 is 0.963 bits per heavy atom. The first-order chi connectivity index (χ1) is 13.1. The molecule has 0 aliphatic rings. The van der Waals surface area contributed by atoms with Crippen molar-refractivity contribution in [1.82, 2.24) is 0 Å². The van der Waals surface area contributed by atoms with Crippen LogP contribution in [-0.2, 0) is 6.61 Å². The van der Waals surface area contributed by atoms with Crippen molar-refractivity contribution in [3.63, 3.8) is 0 Å². The van der Waals surface area contributed by atoms with Gasteiger partial charge < -0.3 is 14.2 Å². The standard InChI is InChI=1S/C22H19ClO4/c1-15-13-18(11-12-19(15)23)27-22(24)17-9-7-16(8-10-17)14-26-21-6-4-3-5-20(21)25-2/h3-13H,14H2,1-2H3. The molecule has 5 heteroatoms. The third-order valence-corrected chi connectivity index (χ3v) is 4.42. The molecule has 0 radical (unpaired) electrons. The molecule has 0 bridgehead atoms. The Labute approximate surface area is 163 Å². The van der Waals surface area contributed by atoms with Crippen LogP contribution in [-0.4, -0.2) is 13.1 Å². The van der Waals surface area contributed by atoms with Gasteiger partial charge in [0.05, 0.1) is 12.7 Å².